The molecule has 1 aromatic heterocycles. The monoisotopic (exact) mass is 600 g/mol. The first-order valence-corrected chi connectivity index (χ1v) is 14.5. The first kappa shape index (κ1) is 27.4. The minimum absolute atomic E-state index is 0.206. The van der Waals surface area contributed by atoms with Crippen molar-refractivity contribution < 1.29 is 8.78 Å². The van der Waals surface area contributed by atoms with Gasteiger partial charge >= 0.3 is 0 Å². The molecule has 7 aromatic rings. The van der Waals surface area contributed by atoms with Crippen LogP contribution in [0, 0.1) is 25.5 Å². The molecule has 0 radical (unpaired) electrons. The summed E-state index contributed by atoms with van der Waals surface area (Å²) in [5.74, 6) is -2.40. The minimum Gasteiger partial charge on any atom is -0.311 e. The second-order valence-corrected chi connectivity index (χ2v) is 11.1. The number of rotatable bonds is 5. The Hall–Kier alpha value is -5.41. The van der Waals surface area contributed by atoms with Gasteiger partial charge < -0.3 is 4.90 Å². The second kappa shape index (κ2) is 10.7. The SMILES string of the molecule is Cc1ccc(N(c2ccc(C)cc2)c2ccc(-c3ccc(N=c4c(=O)c5cc(F)c(F)cc5c4=O)c4nsnc34)cc2)cc1. The van der Waals surface area contributed by atoms with Gasteiger partial charge in [0.2, 0.25) is 10.9 Å². The second-order valence-electron chi connectivity index (χ2n) is 10.6. The van der Waals surface area contributed by atoms with Gasteiger partial charge in [0.15, 0.2) is 17.0 Å². The lowest BCUT2D eigenvalue weighted by Gasteiger charge is -2.26. The van der Waals surface area contributed by atoms with Crippen LogP contribution >= 0.6 is 11.7 Å². The Balaban J connectivity index is 1.30. The van der Waals surface area contributed by atoms with Gasteiger partial charge in [0.25, 0.3) is 0 Å². The molecule has 0 fully saturated rings. The fourth-order valence-electron chi connectivity index (χ4n) is 5.30. The van der Waals surface area contributed by atoms with Crippen LogP contribution in [0.3, 0.4) is 0 Å². The van der Waals surface area contributed by atoms with Gasteiger partial charge in [-0.1, -0.05) is 47.5 Å². The van der Waals surface area contributed by atoms with Crippen LogP contribution in [0.15, 0.2) is 112 Å². The zero-order valence-corrected chi connectivity index (χ0v) is 24.3. The van der Waals surface area contributed by atoms with Gasteiger partial charge in [-0.3, -0.25) is 9.59 Å². The normalized spacial score (nSPS) is 11.4. The summed E-state index contributed by atoms with van der Waals surface area (Å²) in [6.07, 6.45) is 0. The van der Waals surface area contributed by atoms with Gasteiger partial charge in [-0.15, -0.1) is 0 Å². The Morgan fingerprint density at radius 3 is 1.64 bits per heavy atom. The molecule has 0 spiro atoms. The van der Waals surface area contributed by atoms with Crippen LogP contribution in [0.25, 0.3) is 32.9 Å². The molecule has 0 bridgehead atoms. The van der Waals surface area contributed by atoms with E-state index in [1.807, 2.05) is 30.3 Å². The van der Waals surface area contributed by atoms with E-state index >= 15 is 0 Å². The molecule has 0 aliphatic heterocycles. The molecule has 44 heavy (non-hydrogen) atoms. The summed E-state index contributed by atoms with van der Waals surface area (Å²) in [5.41, 5.74) is 6.82. The van der Waals surface area contributed by atoms with Crippen LogP contribution in [0.4, 0.5) is 31.5 Å². The number of hydrogen-bond acceptors (Lipinski definition) is 7. The predicted octanol–water partition coefficient (Wildman–Crippen LogP) is 7.70. The Kier molecular flexibility index (Phi) is 6.67. The standard InChI is InChI=1S/C35H22F2N4O2S/c1-19-3-9-22(10-4-19)41(23-11-5-20(2)6-12-23)24-13-7-21(8-14-24)25-15-16-30(32-31(25)39-44-40-32)38-33-34(42)26-17-28(36)29(37)18-27(26)35(33)43/h3-18H,1-2H3. The van der Waals surface area contributed by atoms with E-state index in [4.69, 9.17) is 0 Å². The van der Waals surface area contributed by atoms with Gasteiger partial charge in [-0.25, -0.2) is 13.8 Å². The van der Waals surface area contributed by atoms with E-state index in [2.05, 4.69) is 81.0 Å². The average Bonchev–Trinajstić information content (AvgIpc) is 3.60. The summed E-state index contributed by atoms with van der Waals surface area (Å²) in [4.78, 5) is 32.3. The third-order valence-electron chi connectivity index (χ3n) is 7.63. The average molecular weight is 601 g/mol. The van der Waals surface area contributed by atoms with Crippen LogP contribution < -0.4 is 21.1 Å². The van der Waals surface area contributed by atoms with E-state index in [1.54, 1.807) is 6.07 Å². The summed E-state index contributed by atoms with van der Waals surface area (Å²) >= 11 is 0.985. The van der Waals surface area contributed by atoms with E-state index in [0.29, 0.717) is 11.0 Å². The lowest BCUT2D eigenvalue weighted by Crippen LogP contribution is -2.31. The van der Waals surface area contributed by atoms with Crippen molar-refractivity contribution >= 4 is 56.3 Å². The Bertz CT molecular complexity index is 2260. The summed E-state index contributed by atoms with van der Waals surface area (Å²) in [7, 11) is 0. The molecule has 0 saturated heterocycles. The summed E-state index contributed by atoms with van der Waals surface area (Å²) < 4.78 is 36.4. The zero-order valence-electron chi connectivity index (χ0n) is 23.5. The number of aromatic nitrogens is 2. The molecule has 0 N–H and O–H groups in total. The van der Waals surface area contributed by atoms with Crippen LogP contribution in [0.1, 0.15) is 11.1 Å². The molecule has 6 nitrogen and oxygen atoms in total. The number of benzene rings is 5. The summed E-state index contributed by atoms with van der Waals surface area (Å²) in [6, 6.07) is 29.8. The van der Waals surface area contributed by atoms with Crippen molar-refractivity contribution in [2.75, 3.05) is 4.90 Å². The van der Waals surface area contributed by atoms with Crippen LogP contribution in [0.2, 0.25) is 0 Å². The number of anilines is 3. The highest BCUT2D eigenvalue weighted by atomic mass is 32.1. The maximum Gasteiger partial charge on any atom is 0.216 e. The molecule has 0 unspecified atom stereocenters. The minimum atomic E-state index is -1.20. The molecular formula is C35H22F2N4O2S. The smallest absolute Gasteiger partial charge is 0.216 e. The quantitative estimate of drug-likeness (QED) is 0.202. The first-order valence-electron chi connectivity index (χ1n) is 13.7. The van der Waals surface area contributed by atoms with Gasteiger partial charge in [0, 0.05) is 33.4 Å². The molecule has 9 heteroatoms. The Morgan fingerprint density at radius 2 is 1.11 bits per heavy atom. The molecule has 0 saturated carbocycles. The maximum absolute atomic E-state index is 13.8. The number of aryl methyl sites for hydroxylation is 2. The highest BCUT2D eigenvalue weighted by molar-refractivity contribution is 7.00. The molecule has 7 rings (SSSR count). The van der Waals surface area contributed by atoms with Crippen molar-refractivity contribution in [1.29, 1.82) is 0 Å². The van der Waals surface area contributed by atoms with Crippen molar-refractivity contribution in [2.24, 2.45) is 4.99 Å². The number of nitrogens with zero attached hydrogens (tertiary/aromatic N) is 4. The number of fused-ring (bicyclic) bond motifs is 2. The summed E-state index contributed by atoms with van der Waals surface area (Å²) in [5, 5.41) is -0.826. The van der Waals surface area contributed by atoms with E-state index in [-0.39, 0.29) is 16.5 Å². The number of halogens is 2. The topological polar surface area (TPSA) is 75.5 Å². The van der Waals surface area contributed by atoms with E-state index < -0.39 is 27.8 Å². The van der Waals surface area contributed by atoms with Gasteiger partial charge in [0.1, 0.15) is 11.0 Å². The molecule has 0 amide bonds. The molecule has 0 aliphatic rings. The fraction of sp³-hybridized carbons (Fsp3) is 0.0571. The number of hydrogen-bond donors (Lipinski definition) is 0. The third kappa shape index (κ3) is 4.67. The lowest BCUT2D eigenvalue weighted by molar-refractivity contribution is 0.511. The molecule has 0 atom stereocenters. The van der Waals surface area contributed by atoms with Crippen molar-refractivity contribution in [3.05, 3.63) is 146 Å². The van der Waals surface area contributed by atoms with Crippen molar-refractivity contribution in [1.82, 2.24) is 8.75 Å². The van der Waals surface area contributed by atoms with Gasteiger partial charge in [-0.05, 0) is 80.1 Å². The highest BCUT2D eigenvalue weighted by Crippen LogP contribution is 2.38. The molecule has 0 aliphatic carbocycles. The van der Waals surface area contributed by atoms with Gasteiger partial charge in [0.05, 0.1) is 17.4 Å². The zero-order chi connectivity index (χ0) is 30.5. The highest BCUT2D eigenvalue weighted by Gasteiger charge is 2.18. The first-order chi connectivity index (χ1) is 21.3. The van der Waals surface area contributed by atoms with Crippen LogP contribution in [-0.2, 0) is 0 Å². The van der Waals surface area contributed by atoms with Gasteiger partial charge in [-0.2, -0.15) is 8.75 Å². The predicted molar refractivity (Wildman–Crippen MR) is 171 cm³/mol. The van der Waals surface area contributed by atoms with E-state index in [0.717, 1.165) is 52.0 Å². The maximum atomic E-state index is 13.8. The Morgan fingerprint density at radius 1 is 0.636 bits per heavy atom. The third-order valence-corrected chi connectivity index (χ3v) is 8.16. The van der Waals surface area contributed by atoms with E-state index in [1.165, 1.54) is 11.1 Å². The van der Waals surface area contributed by atoms with Crippen molar-refractivity contribution in [2.45, 2.75) is 13.8 Å². The largest absolute Gasteiger partial charge is 0.311 e. The van der Waals surface area contributed by atoms with Crippen LogP contribution in [0.5, 0.6) is 0 Å². The van der Waals surface area contributed by atoms with E-state index in [9.17, 15) is 18.4 Å². The van der Waals surface area contributed by atoms with Crippen molar-refractivity contribution in [3.63, 3.8) is 0 Å². The van der Waals surface area contributed by atoms with Crippen molar-refractivity contribution in [3.8, 4) is 11.1 Å². The Labute approximate surface area is 253 Å². The molecular weight excluding hydrogens is 578 g/mol. The summed E-state index contributed by atoms with van der Waals surface area (Å²) in [6.45, 7) is 4.12. The molecule has 6 aromatic carbocycles. The van der Waals surface area contributed by atoms with Crippen LogP contribution in [-0.4, -0.2) is 8.75 Å². The molecule has 1 heterocycles. The molecule has 214 valence electrons. The fourth-order valence-corrected chi connectivity index (χ4v) is 5.87. The lowest BCUT2D eigenvalue weighted by atomic mass is 10.0.